The maximum Gasteiger partial charge on any atom is 0.340 e. The molecule has 0 saturated heterocycles. The van der Waals surface area contributed by atoms with Crippen LogP contribution in [0.15, 0.2) is 12.3 Å². The molecule has 2 rings (SSSR count). The molecule has 130 valence electrons. The summed E-state index contributed by atoms with van der Waals surface area (Å²) in [6.07, 6.45) is 2.82. The first-order valence-electron chi connectivity index (χ1n) is 7.64. The lowest BCUT2D eigenvalue weighted by Crippen LogP contribution is -2.31. The van der Waals surface area contributed by atoms with Gasteiger partial charge < -0.3 is 15.4 Å². The van der Waals surface area contributed by atoms with Crippen molar-refractivity contribution in [3.05, 3.63) is 34.0 Å². The lowest BCUT2D eigenvalue weighted by Gasteiger charge is -2.16. The highest BCUT2D eigenvalue weighted by Gasteiger charge is 2.18. The van der Waals surface area contributed by atoms with E-state index in [0.29, 0.717) is 15.7 Å². The van der Waals surface area contributed by atoms with Gasteiger partial charge in [0, 0.05) is 23.7 Å². The number of ether oxygens (including phenoxy) is 1. The third-order valence-corrected chi connectivity index (χ3v) is 5.04. The number of aromatic nitrogens is 2. The van der Waals surface area contributed by atoms with Gasteiger partial charge in [-0.15, -0.1) is 11.3 Å². The second kappa shape index (κ2) is 7.76. The molecule has 1 atom stereocenters. The van der Waals surface area contributed by atoms with Crippen LogP contribution < -0.4 is 10.6 Å². The molecule has 0 radical (unpaired) electrons. The van der Waals surface area contributed by atoms with Crippen LogP contribution in [0.1, 0.15) is 46.4 Å². The molecule has 6 nitrogen and oxygen atoms in total. The van der Waals surface area contributed by atoms with Crippen molar-refractivity contribution in [2.75, 3.05) is 12.4 Å². The Morgan fingerprint density at radius 3 is 2.79 bits per heavy atom. The minimum atomic E-state index is -0.368. The Morgan fingerprint density at radius 2 is 2.25 bits per heavy atom. The molecule has 0 spiro atoms. The molecule has 0 saturated carbocycles. The molecule has 0 aliphatic carbocycles. The summed E-state index contributed by atoms with van der Waals surface area (Å²) in [6.45, 7) is 6.03. The molecule has 1 unspecified atom stereocenters. The van der Waals surface area contributed by atoms with Crippen LogP contribution in [0.2, 0.25) is 0 Å². The molecule has 0 amide bonds. The maximum atomic E-state index is 11.9. The number of carbonyl (C=O) groups is 1. The zero-order valence-electron chi connectivity index (χ0n) is 14.5. The minimum Gasteiger partial charge on any atom is -0.465 e. The molecule has 2 N–H and O–H groups in total. The molecule has 0 aliphatic rings. The minimum absolute atomic E-state index is 0.00545. The van der Waals surface area contributed by atoms with E-state index in [0.717, 1.165) is 22.6 Å². The molecule has 0 aliphatic heterocycles. The van der Waals surface area contributed by atoms with Crippen LogP contribution in [0.4, 0.5) is 5.00 Å². The van der Waals surface area contributed by atoms with E-state index in [1.165, 1.54) is 18.4 Å². The van der Waals surface area contributed by atoms with E-state index in [1.807, 2.05) is 40.1 Å². The number of hydrogen-bond donors (Lipinski definition) is 2. The van der Waals surface area contributed by atoms with E-state index in [1.54, 1.807) is 4.68 Å². The number of thiocarbonyl (C=S) groups is 1. The standard InChI is InChI=1S/C16H22N4O2S2/c1-6-11-7-12(15(21)22-5)14(24-11)18-16(23)17-9(2)13-8-20(4)19-10(13)3/h7-9H,6H2,1-5H3,(H2,17,18,23). The summed E-state index contributed by atoms with van der Waals surface area (Å²) in [5.41, 5.74) is 2.55. The normalized spacial score (nSPS) is 11.9. The molecular weight excluding hydrogens is 344 g/mol. The van der Waals surface area contributed by atoms with Crippen molar-refractivity contribution in [3.8, 4) is 0 Å². The van der Waals surface area contributed by atoms with Crippen LogP contribution in [0.25, 0.3) is 0 Å². The second-order valence-electron chi connectivity index (χ2n) is 5.46. The van der Waals surface area contributed by atoms with Gasteiger partial charge in [-0.25, -0.2) is 4.79 Å². The van der Waals surface area contributed by atoms with E-state index in [4.69, 9.17) is 17.0 Å². The Labute approximate surface area is 151 Å². The van der Waals surface area contributed by atoms with E-state index >= 15 is 0 Å². The van der Waals surface area contributed by atoms with Crippen molar-refractivity contribution in [3.63, 3.8) is 0 Å². The molecule has 0 aromatic carbocycles. The van der Waals surface area contributed by atoms with Gasteiger partial charge >= 0.3 is 5.97 Å². The van der Waals surface area contributed by atoms with Gasteiger partial charge in [-0.3, -0.25) is 4.68 Å². The summed E-state index contributed by atoms with van der Waals surface area (Å²) in [5.74, 6) is -0.368. The number of aryl methyl sites for hydroxylation is 3. The van der Waals surface area contributed by atoms with Crippen LogP contribution in [-0.2, 0) is 18.2 Å². The summed E-state index contributed by atoms with van der Waals surface area (Å²) in [4.78, 5) is 13.0. The highest BCUT2D eigenvalue weighted by atomic mass is 32.1. The molecule has 8 heteroatoms. The molecular formula is C16H22N4O2S2. The summed E-state index contributed by atoms with van der Waals surface area (Å²) in [7, 11) is 3.26. The third kappa shape index (κ3) is 4.12. The number of thiophene rings is 1. The van der Waals surface area contributed by atoms with Gasteiger partial charge in [0.2, 0.25) is 0 Å². The highest BCUT2D eigenvalue weighted by Crippen LogP contribution is 2.29. The second-order valence-corrected chi connectivity index (χ2v) is 7.01. The lowest BCUT2D eigenvalue weighted by atomic mass is 10.1. The van der Waals surface area contributed by atoms with Crippen molar-refractivity contribution in [2.45, 2.75) is 33.2 Å². The number of nitrogens with one attached hydrogen (secondary N) is 2. The Hall–Kier alpha value is -1.93. The van der Waals surface area contributed by atoms with Gasteiger partial charge in [0.05, 0.1) is 24.4 Å². The zero-order chi connectivity index (χ0) is 17.9. The number of rotatable bonds is 5. The van der Waals surface area contributed by atoms with Crippen LogP contribution in [0.5, 0.6) is 0 Å². The average Bonchev–Trinajstić information content (AvgIpc) is 3.09. The molecule has 2 aromatic rings. The first-order valence-corrected chi connectivity index (χ1v) is 8.86. The van der Waals surface area contributed by atoms with Crippen molar-refractivity contribution >= 4 is 39.6 Å². The summed E-state index contributed by atoms with van der Waals surface area (Å²) in [5, 5.41) is 11.8. The highest BCUT2D eigenvalue weighted by molar-refractivity contribution is 7.80. The van der Waals surface area contributed by atoms with Crippen molar-refractivity contribution in [1.29, 1.82) is 0 Å². The SMILES string of the molecule is CCc1cc(C(=O)OC)c(NC(=S)NC(C)c2cn(C)nc2C)s1. The number of esters is 1. The van der Waals surface area contributed by atoms with E-state index in [2.05, 4.69) is 15.7 Å². The third-order valence-electron chi connectivity index (χ3n) is 3.63. The number of nitrogens with zero attached hydrogens (tertiary/aromatic N) is 2. The topological polar surface area (TPSA) is 68.2 Å². The fourth-order valence-electron chi connectivity index (χ4n) is 2.43. The van der Waals surface area contributed by atoms with Crippen molar-refractivity contribution < 1.29 is 9.53 Å². The van der Waals surface area contributed by atoms with Crippen LogP contribution in [0, 0.1) is 6.92 Å². The largest absolute Gasteiger partial charge is 0.465 e. The average molecular weight is 367 g/mol. The summed E-state index contributed by atoms with van der Waals surface area (Å²) < 4.78 is 6.62. The summed E-state index contributed by atoms with van der Waals surface area (Å²) >= 11 is 6.90. The Kier molecular flexibility index (Phi) is 5.95. The van der Waals surface area contributed by atoms with Gasteiger partial charge in [-0.2, -0.15) is 5.10 Å². The number of methoxy groups -OCH3 is 1. The number of carbonyl (C=O) groups excluding carboxylic acids is 1. The van der Waals surface area contributed by atoms with E-state index in [9.17, 15) is 4.79 Å². The Morgan fingerprint density at radius 1 is 1.54 bits per heavy atom. The molecule has 2 aromatic heterocycles. The predicted molar refractivity (Wildman–Crippen MR) is 101 cm³/mol. The first-order chi connectivity index (χ1) is 11.3. The van der Waals surface area contributed by atoms with E-state index in [-0.39, 0.29) is 12.0 Å². The number of hydrogen-bond acceptors (Lipinski definition) is 5. The van der Waals surface area contributed by atoms with Gasteiger partial charge in [-0.1, -0.05) is 6.92 Å². The fraction of sp³-hybridized carbons (Fsp3) is 0.438. The van der Waals surface area contributed by atoms with Gasteiger partial charge in [0.1, 0.15) is 5.00 Å². The molecule has 24 heavy (non-hydrogen) atoms. The molecule has 0 fully saturated rings. The smallest absolute Gasteiger partial charge is 0.340 e. The lowest BCUT2D eigenvalue weighted by molar-refractivity contribution is 0.0602. The van der Waals surface area contributed by atoms with Crippen LogP contribution in [-0.4, -0.2) is 28.0 Å². The number of anilines is 1. The Bertz CT molecular complexity index is 751. The van der Waals surface area contributed by atoms with Gasteiger partial charge in [-0.05, 0) is 38.6 Å². The Balaban J connectivity index is 2.10. The van der Waals surface area contributed by atoms with Crippen molar-refractivity contribution in [2.24, 2.45) is 7.05 Å². The van der Waals surface area contributed by atoms with Gasteiger partial charge in [0.15, 0.2) is 5.11 Å². The molecule has 0 bridgehead atoms. The quantitative estimate of drug-likeness (QED) is 0.626. The predicted octanol–water partition coefficient (Wildman–Crippen LogP) is 3.19. The monoisotopic (exact) mass is 366 g/mol. The fourth-order valence-corrected chi connectivity index (χ4v) is 3.76. The summed E-state index contributed by atoms with van der Waals surface area (Å²) in [6, 6.07) is 1.85. The maximum absolute atomic E-state index is 11.9. The first kappa shape index (κ1) is 18.4. The van der Waals surface area contributed by atoms with Gasteiger partial charge in [0.25, 0.3) is 0 Å². The van der Waals surface area contributed by atoms with Crippen LogP contribution in [0.3, 0.4) is 0 Å². The molecule has 2 heterocycles. The van der Waals surface area contributed by atoms with Crippen LogP contribution >= 0.6 is 23.6 Å². The van der Waals surface area contributed by atoms with Crippen molar-refractivity contribution in [1.82, 2.24) is 15.1 Å². The zero-order valence-corrected chi connectivity index (χ0v) is 16.1. The van der Waals surface area contributed by atoms with E-state index < -0.39 is 0 Å².